The largest absolute Gasteiger partial charge is 0.497 e. The average molecular weight is 352 g/mol. The van der Waals surface area contributed by atoms with Crippen molar-refractivity contribution < 1.29 is 14.3 Å². The van der Waals surface area contributed by atoms with Gasteiger partial charge < -0.3 is 14.4 Å². The maximum Gasteiger partial charge on any atom is 0.255 e. The highest BCUT2D eigenvalue weighted by atomic mass is 16.5. The van der Waals surface area contributed by atoms with Crippen LogP contribution in [0.3, 0.4) is 0 Å². The summed E-state index contributed by atoms with van der Waals surface area (Å²) in [5.41, 5.74) is 0.521. The normalized spacial score (nSPS) is 10.4. The minimum absolute atomic E-state index is 0.108. The number of amides is 1. The van der Waals surface area contributed by atoms with Gasteiger partial charge in [-0.05, 0) is 42.5 Å². The molecule has 1 aromatic carbocycles. The number of ether oxygens (including phenoxy) is 2. The first-order chi connectivity index (χ1) is 12.7. The number of rotatable bonds is 7. The Labute approximate surface area is 151 Å². The summed E-state index contributed by atoms with van der Waals surface area (Å²) >= 11 is 0. The van der Waals surface area contributed by atoms with Crippen molar-refractivity contribution in [2.24, 2.45) is 0 Å². The molecule has 0 aliphatic rings. The van der Waals surface area contributed by atoms with Crippen LogP contribution in [0.4, 0.5) is 0 Å². The van der Waals surface area contributed by atoms with Gasteiger partial charge in [-0.15, -0.1) is 0 Å². The minimum Gasteiger partial charge on any atom is -0.497 e. The number of carbonyl (C=O) groups is 1. The van der Waals surface area contributed by atoms with Gasteiger partial charge in [-0.1, -0.05) is 0 Å². The Hall–Kier alpha value is -3.35. The summed E-state index contributed by atoms with van der Waals surface area (Å²) in [6, 6.07) is 12.7. The van der Waals surface area contributed by atoms with Crippen molar-refractivity contribution in [2.75, 3.05) is 27.3 Å². The van der Waals surface area contributed by atoms with Gasteiger partial charge >= 0.3 is 0 Å². The second kappa shape index (κ2) is 8.15. The van der Waals surface area contributed by atoms with Crippen LogP contribution < -0.4 is 9.47 Å². The molecular weight excluding hydrogens is 332 g/mol. The van der Waals surface area contributed by atoms with Crippen molar-refractivity contribution in [3.8, 4) is 17.3 Å². The summed E-state index contributed by atoms with van der Waals surface area (Å²) in [6.07, 6.45) is 5.03. The number of nitrogens with zero attached hydrogens (tertiary/aromatic N) is 4. The van der Waals surface area contributed by atoms with Gasteiger partial charge in [-0.25, -0.2) is 9.67 Å². The summed E-state index contributed by atoms with van der Waals surface area (Å²) in [7, 11) is 3.36. The Bertz CT molecular complexity index is 830. The maximum absolute atomic E-state index is 12.5. The van der Waals surface area contributed by atoms with Gasteiger partial charge in [0, 0.05) is 25.6 Å². The highest BCUT2D eigenvalue weighted by molar-refractivity contribution is 5.93. The van der Waals surface area contributed by atoms with Gasteiger partial charge in [0.15, 0.2) is 5.82 Å². The lowest BCUT2D eigenvalue weighted by atomic mass is 10.2. The molecule has 0 unspecified atom stereocenters. The lowest BCUT2D eigenvalue weighted by molar-refractivity contribution is 0.0773. The van der Waals surface area contributed by atoms with E-state index in [1.54, 1.807) is 54.5 Å². The van der Waals surface area contributed by atoms with E-state index < -0.39 is 0 Å². The van der Waals surface area contributed by atoms with Gasteiger partial charge in [0.25, 0.3) is 5.91 Å². The van der Waals surface area contributed by atoms with E-state index in [1.807, 2.05) is 30.3 Å². The fourth-order valence-electron chi connectivity index (χ4n) is 2.35. The molecule has 26 heavy (non-hydrogen) atoms. The molecule has 0 aliphatic carbocycles. The third-order valence-electron chi connectivity index (χ3n) is 3.84. The summed E-state index contributed by atoms with van der Waals surface area (Å²) in [6.45, 7) is 0.860. The number of pyridine rings is 1. The van der Waals surface area contributed by atoms with Crippen LogP contribution in [-0.4, -0.2) is 52.9 Å². The molecule has 0 saturated heterocycles. The summed E-state index contributed by atoms with van der Waals surface area (Å²) in [4.78, 5) is 18.3. The zero-order valence-corrected chi connectivity index (χ0v) is 14.7. The van der Waals surface area contributed by atoms with E-state index in [0.29, 0.717) is 24.5 Å². The van der Waals surface area contributed by atoms with Gasteiger partial charge in [-0.2, -0.15) is 5.10 Å². The van der Waals surface area contributed by atoms with Crippen LogP contribution in [-0.2, 0) is 0 Å². The van der Waals surface area contributed by atoms with Crippen LogP contribution in [0.5, 0.6) is 11.5 Å². The summed E-state index contributed by atoms with van der Waals surface area (Å²) in [5.74, 6) is 2.06. The molecule has 0 atom stereocenters. The Morgan fingerprint density at radius 3 is 2.54 bits per heavy atom. The second-order valence-electron chi connectivity index (χ2n) is 5.61. The van der Waals surface area contributed by atoms with E-state index in [1.165, 1.54) is 0 Å². The van der Waals surface area contributed by atoms with Crippen molar-refractivity contribution >= 4 is 5.91 Å². The van der Waals surface area contributed by atoms with Crippen molar-refractivity contribution in [1.29, 1.82) is 0 Å². The molecule has 7 heteroatoms. The van der Waals surface area contributed by atoms with Gasteiger partial charge in [0.1, 0.15) is 18.1 Å². The van der Waals surface area contributed by atoms with Crippen LogP contribution in [0, 0.1) is 0 Å². The first kappa shape index (κ1) is 17.5. The molecule has 3 aromatic rings. The molecule has 2 aromatic heterocycles. The third kappa shape index (κ3) is 4.18. The Morgan fingerprint density at radius 1 is 1.15 bits per heavy atom. The third-order valence-corrected chi connectivity index (χ3v) is 3.84. The number of aromatic nitrogens is 3. The van der Waals surface area contributed by atoms with E-state index >= 15 is 0 Å². The van der Waals surface area contributed by atoms with Crippen LogP contribution in [0.1, 0.15) is 10.4 Å². The predicted octanol–water partition coefficient (Wildman–Crippen LogP) is 2.43. The van der Waals surface area contributed by atoms with E-state index in [0.717, 1.165) is 11.5 Å². The fourth-order valence-corrected chi connectivity index (χ4v) is 2.35. The van der Waals surface area contributed by atoms with Crippen LogP contribution in [0.25, 0.3) is 5.82 Å². The Kier molecular flexibility index (Phi) is 5.48. The highest BCUT2D eigenvalue weighted by Crippen LogP contribution is 2.17. The Morgan fingerprint density at radius 2 is 1.92 bits per heavy atom. The molecule has 0 spiro atoms. The molecule has 0 N–H and O–H groups in total. The maximum atomic E-state index is 12.5. The number of benzene rings is 1. The molecule has 0 saturated carbocycles. The molecule has 0 aliphatic heterocycles. The fraction of sp³-hybridized carbons (Fsp3) is 0.211. The zero-order chi connectivity index (χ0) is 18.4. The molecular formula is C19H20N4O3. The lowest BCUT2D eigenvalue weighted by Gasteiger charge is -2.17. The second-order valence-corrected chi connectivity index (χ2v) is 5.61. The smallest absolute Gasteiger partial charge is 0.255 e. The van der Waals surface area contributed by atoms with Gasteiger partial charge in [-0.3, -0.25) is 4.79 Å². The SMILES string of the molecule is COc1ccc(OCCN(C)C(=O)c2ccc(-n3cccn3)nc2)cc1. The molecule has 3 rings (SSSR count). The van der Waals surface area contributed by atoms with Crippen molar-refractivity contribution in [1.82, 2.24) is 19.7 Å². The number of hydrogen-bond acceptors (Lipinski definition) is 5. The van der Waals surface area contributed by atoms with E-state index in [-0.39, 0.29) is 5.91 Å². The minimum atomic E-state index is -0.108. The van der Waals surface area contributed by atoms with Crippen LogP contribution in [0.15, 0.2) is 61.1 Å². The number of methoxy groups -OCH3 is 1. The standard InChI is InChI=1S/C19H20N4O3/c1-22(12-13-26-17-7-5-16(25-2)6-8-17)19(24)15-4-9-18(20-14-15)23-11-3-10-21-23/h3-11,14H,12-13H2,1-2H3. The van der Waals surface area contributed by atoms with Gasteiger partial charge in [0.2, 0.25) is 0 Å². The first-order valence-electron chi connectivity index (χ1n) is 8.16. The number of hydrogen-bond donors (Lipinski definition) is 0. The monoisotopic (exact) mass is 352 g/mol. The van der Waals surface area contributed by atoms with Gasteiger partial charge in [0.05, 0.1) is 19.2 Å². The van der Waals surface area contributed by atoms with Crippen molar-refractivity contribution in [2.45, 2.75) is 0 Å². The van der Waals surface area contributed by atoms with Crippen molar-refractivity contribution in [3.05, 3.63) is 66.6 Å². The van der Waals surface area contributed by atoms with Crippen LogP contribution in [0.2, 0.25) is 0 Å². The first-order valence-corrected chi connectivity index (χ1v) is 8.16. The summed E-state index contributed by atoms with van der Waals surface area (Å²) < 4.78 is 12.4. The molecule has 1 amide bonds. The molecule has 7 nitrogen and oxygen atoms in total. The van der Waals surface area contributed by atoms with E-state index in [9.17, 15) is 4.79 Å². The van der Waals surface area contributed by atoms with Crippen LogP contribution >= 0.6 is 0 Å². The average Bonchev–Trinajstić information content (AvgIpc) is 3.23. The molecule has 0 radical (unpaired) electrons. The summed E-state index contributed by atoms with van der Waals surface area (Å²) in [5, 5.41) is 4.11. The zero-order valence-electron chi connectivity index (χ0n) is 14.7. The predicted molar refractivity (Wildman–Crippen MR) is 96.8 cm³/mol. The molecule has 0 bridgehead atoms. The molecule has 0 fully saturated rings. The highest BCUT2D eigenvalue weighted by Gasteiger charge is 2.12. The quantitative estimate of drug-likeness (QED) is 0.653. The molecule has 2 heterocycles. The number of likely N-dealkylation sites (N-methyl/N-ethyl adjacent to an activating group) is 1. The lowest BCUT2D eigenvalue weighted by Crippen LogP contribution is -2.31. The van der Waals surface area contributed by atoms with E-state index in [4.69, 9.17) is 9.47 Å². The van der Waals surface area contributed by atoms with Crippen molar-refractivity contribution in [3.63, 3.8) is 0 Å². The topological polar surface area (TPSA) is 69.5 Å². The Balaban J connectivity index is 1.52. The van der Waals surface area contributed by atoms with E-state index in [2.05, 4.69) is 10.1 Å². The number of carbonyl (C=O) groups excluding carboxylic acids is 1. The molecule has 134 valence electrons.